The lowest BCUT2D eigenvalue weighted by atomic mass is 9.69. The fourth-order valence-electron chi connectivity index (χ4n) is 3.79. The number of rotatable bonds is 4. The minimum Gasteiger partial charge on any atom is -0.392 e. The van der Waals surface area contributed by atoms with E-state index in [2.05, 4.69) is 13.8 Å². The predicted molar refractivity (Wildman–Crippen MR) is 64.1 cm³/mol. The van der Waals surface area contributed by atoms with Gasteiger partial charge in [0, 0.05) is 0 Å². The van der Waals surface area contributed by atoms with Gasteiger partial charge in [0.05, 0.1) is 12.7 Å². The van der Waals surface area contributed by atoms with Gasteiger partial charge in [0.1, 0.15) is 0 Å². The molecule has 88 valence electrons. The highest BCUT2D eigenvalue weighted by Crippen LogP contribution is 2.61. The molecular weight excluding hydrogens is 207 g/mol. The molecule has 0 radical (unpaired) electrons. The van der Waals surface area contributed by atoms with E-state index in [1.165, 1.54) is 19.3 Å². The third-order valence-electron chi connectivity index (χ3n) is 4.90. The van der Waals surface area contributed by atoms with Crippen molar-refractivity contribution in [2.75, 3.05) is 18.9 Å². The lowest BCUT2D eigenvalue weighted by molar-refractivity contribution is 0.139. The summed E-state index contributed by atoms with van der Waals surface area (Å²) in [7, 11) is -0.526. The zero-order chi connectivity index (χ0) is 11.1. The van der Waals surface area contributed by atoms with Crippen molar-refractivity contribution in [3.05, 3.63) is 0 Å². The van der Waals surface area contributed by atoms with Gasteiger partial charge in [0.2, 0.25) is 0 Å². The quantitative estimate of drug-likeness (QED) is 0.728. The van der Waals surface area contributed by atoms with Crippen LogP contribution < -0.4 is 0 Å². The minimum atomic E-state index is -0.526. The van der Waals surface area contributed by atoms with E-state index in [0.29, 0.717) is 5.41 Å². The molecule has 2 saturated carbocycles. The van der Waals surface area contributed by atoms with Crippen molar-refractivity contribution in [3.63, 3.8) is 0 Å². The van der Waals surface area contributed by atoms with Crippen LogP contribution in [0.4, 0.5) is 0 Å². The predicted octanol–water partition coefficient (Wildman–Crippen LogP) is 2.44. The summed E-state index contributed by atoms with van der Waals surface area (Å²) in [6.45, 7) is 4.79. The molecule has 2 N–H and O–H groups in total. The first kappa shape index (κ1) is 11.8. The molecule has 0 spiro atoms. The van der Waals surface area contributed by atoms with E-state index < -0.39 is 7.92 Å². The Hall–Kier alpha value is 0.350. The molecule has 3 unspecified atom stereocenters. The van der Waals surface area contributed by atoms with Crippen LogP contribution in [-0.2, 0) is 0 Å². The van der Waals surface area contributed by atoms with Gasteiger partial charge in [-0.1, -0.05) is 21.8 Å². The van der Waals surface area contributed by atoms with Crippen LogP contribution in [0.1, 0.15) is 33.1 Å². The molecular formula is C12H23O2P. The molecule has 0 aliphatic heterocycles. The minimum absolute atomic E-state index is 0.204. The molecule has 2 bridgehead atoms. The maximum Gasteiger partial charge on any atom is 0.0646 e. The molecule has 2 aliphatic rings. The number of aliphatic hydroxyl groups excluding tert-OH is 2. The maximum absolute atomic E-state index is 9.20. The first-order chi connectivity index (χ1) is 7.09. The Morgan fingerprint density at radius 1 is 1.20 bits per heavy atom. The molecule has 15 heavy (non-hydrogen) atoms. The van der Waals surface area contributed by atoms with Crippen LogP contribution in [0.5, 0.6) is 0 Å². The third kappa shape index (κ3) is 1.97. The van der Waals surface area contributed by atoms with E-state index in [-0.39, 0.29) is 12.7 Å². The highest BCUT2D eigenvalue weighted by Gasteiger charge is 2.52. The van der Waals surface area contributed by atoms with Gasteiger partial charge in [0.25, 0.3) is 0 Å². The molecule has 0 aromatic carbocycles. The van der Waals surface area contributed by atoms with Gasteiger partial charge in [-0.2, -0.15) is 0 Å². The summed E-state index contributed by atoms with van der Waals surface area (Å²) < 4.78 is 0. The number of fused-ring (bicyclic) bond motifs is 2. The van der Waals surface area contributed by atoms with E-state index in [1.807, 2.05) is 0 Å². The van der Waals surface area contributed by atoms with Crippen LogP contribution in [0.2, 0.25) is 0 Å². The molecule has 2 nitrogen and oxygen atoms in total. The Bertz CT molecular complexity index is 226. The molecule has 0 aromatic heterocycles. The largest absolute Gasteiger partial charge is 0.392 e. The molecule has 0 amide bonds. The van der Waals surface area contributed by atoms with Gasteiger partial charge in [-0.15, -0.1) is 0 Å². The summed E-state index contributed by atoms with van der Waals surface area (Å²) in [4.78, 5) is 0. The van der Waals surface area contributed by atoms with Crippen molar-refractivity contribution in [1.82, 2.24) is 0 Å². The van der Waals surface area contributed by atoms with Gasteiger partial charge < -0.3 is 10.2 Å². The van der Waals surface area contributed by atoms with Gasteiger partial charge in [0.15, 0.2) is 0 Å². The van der Waals surface area contributed by atoms with Crippen molar-refractivity contribution in [2.45, 2.75) is 33.1 Å². The summed E-state index contributed by atoms with van der Waals surface area (Å²) in [5.74, 6) is 2.54. The SMILES string of the molecule is CC1(C)C2CCC(C2)C1CP(CO)CO. The second kappa shape index (κ2) is 4.31. The Morgan fingerprint density at radius 2 is 1.87 bits per heavy atom. The van der Waals surface area contributed by atoms with E-state index in [0.717, 1.165) is 23.9 Å². The fourth-order valence-corrected chi connectivity index (χ4v) is 5.44. The van der Waals surface area contributed by atoms with Crippen LogP contribution in [0.15, 0.2) is 0 Å². The molecule has 2 aliphatic carbocycles. The summed E-state index contributed by atoms with van der Waals surface area (Å²) in [6.07, 6.45) is 5.68. The van der Waals surface area contributed by atoms with Gasteiger partial charge in [-0.05, 0) is 48.6 Å². The summed E-state index contributed by atoms with van der Waals surface area (Å²) >= 11 is 0. The highest BCUT2D eigenvalue weighted by atomic mass is 31.1. The van der Waals surface area contributed by atoms with Crippen molar-refractivity contribution in [2.24, 2.45) is 23.2 Å². The second-order valence-corrected chi connectivity index (χ2v) is 8.11. The summed E-state index contributed by atoms with van der Waals surface area (Å²) in [5.41, 5.74) is 0.452. The van der Waals surface area contributed by atoms with Crippen LogP contribution in [0, 0.1) is 23.2 Å². The first-order valence-electron chi connectivity index (χ1n) is 6.03. The van der Waals surface area contributed by atoms with E-state index in [1.54, 1.807) is 0 Å². The molecule has 2 rings (SSSR count). The number of aliphatic hydroxyl groups is 2. The van der Waals surface area contributed by atoms with Crippen molar-refractivity contribution in [1.29, 1.82) is 0 Å². The Kier molecular flexibility index (Phi) is 3.40. The maximum atomic E-state index is 9.20. The van der Waals surface area contributed by atoms with Crippen LogP contribution >= 0.6 is 7.92 Å². The third-order valence-corrected chi connectivity index (χ3v) is 6.61. The number of hydrogen-bond acceptors (Lipinski definition) is 2. The van der Waals surface area contributed by atoms with Crippen LogP contribution in [0.25, 0.3) is 0 Å². The monoisotopic (exact) mass is 230 g/mol. The van der Waals surface area contributed by atoms with E-state index >= 15 is 0 Å². The van der Waals surface area contributed by atoms with Crippen LogP contribution in [0.3, 0.4) is 0 Å². The van der Waals surface area contributed by atoms with Crippen molar-refractivity contribution < 1.29 is 10.2 Å². The topological polar surface area (TPSA) is 40.5 Å². The molecule has 0 aromatic rings. The van der Waals surface area contributed by atoms with E-state index in [9.17, 15) is 10.2 Å². The van der Waals surface area contributed by atoms with Crippen LogP contribution in [-0.4, -0.2) is 29.1 Å². The number of hydrogen-bond donors (Lipinski definition) is 2. The standard InChI is InChI=1S/C12H23O2P/c1-12(2)10-4-3-9(5-10)11(12)6-15(7-13)8-14/h9-11,13-14H,3-8H2,1-2H3. The Morgan fingerprint density at radius 3 is 2.33 bits per heavy atom. The summed E-state index contributed by atoms with van der Waals surface area (Å²) in [5, 5.41) is 18.4. The van der Waals surface area contributed by atoms with Gasteiger partial charge in [-0.25, -0.2) is 0 Å². The normalized spacial score (nSPS) is 37.8. The van der Waals surface area contributed by atoms with Crippen molar-refractivity contribution in [3.8, 4) is 0 Å². The Labute approximate surface area is 93.8 Å². The van der Waals surface area contributed by atoms with E-state index in [4.69, 9.17) is 0 Å². The molecule has 2 fully saturated rings. The molecule has 0 saturated heterocycles. The Balaban J connectivity index is 2.02. The molecule has 3 atom stereocenters. The zero-order valence-electron chi connectivity index (χ0n) is 9.82. The van der Waals surface area contributed by atoms with Gasteiger partial charge >= 0.3 is 0 Å². The fraction of sp³-hybridized carbons (Fsp3) is 1.00. The summed E-state index contributed by atoms with van der Waals surface area (Å²) in [6, 6.07) is 0. The molecule has 0 heterocycles. The van der Waals surface area contributed by atoms with Crippen molar-refractivity contribution >= 4 is 7.92 Å². The highest BCUT2D eigenvalue weighted by molar-refractivity contribution is 7.57. The lowest BCUT2D eigenvalue weighted by Gasteiger charge is -2.39. The second-order valence-electron chi connectivity index (χ2n) is 5.83. The smallest absolute Gasteiger partial charge is 0.0646 e. The zero-order valence-corrected chi connectivity index (χ0v) is 10.7. The average Bonchev–Trinajstić information content (AvgIpc) is 2.75. The average molecular weight is 230 g/mol. The van der Waals surface area contributed by atoms with Gasteiger partial charge in [-0.3, -0.25) is 0 Å². The lowest BCUT2D eigenvalue weighted by Crippen LogP contribution is -2.33. The molecule has 3 heteroatoms. The first-order valence-corrected chi connectivity index (χ1v) is 7.93.